The molecule has 0 aromatic heterocycles. The van der Waals surface area contributed by atoms with Gasteiger partial charge in [-0.05, 0) is 68.2 Å². The van der Waals surface area contributed by atoms with Gasteiger partial charge in [0.15, 0.2) is 5.96 Å². The Morgan fingerprint density at radius 1 is 1.24 bits per heavy atom. The molecule has 0 radical (unpaired) electrons. The van der Waals surface area contributed by atoms with Gasteiger partial charge in [0, 0.05) is 18.8 Å². The fourth-order valence-corrected chi connectivity index (χ4v) is 3.20. The van der Waals surface area contributed by atoms with E-state index in [-0.39, 0.29) is 0 Å². The highest BCUT2D eigenvalue weighted by Crippen LogP contribution is 2.24. The molecule has 1 aliphatic heterocycles. The van der Waals surface area contributed by atoms with E-state index < -0.39 is 0 Å². The zero-order chi connectivity index (χ0) is 14.5. The number of hydrogen-bond donors (Lipinski definition) is 2. The minimum absolute atomic E-state index is 0.371. The molecule has 1 unspecified atom stereocenters. The second-order valence-electron chi connectivity index (χ2n) is 6.01. The molecule has 1 aromatic rings. The van der Waals surface area contributed by atoms with Crippen LogP contribution >= 0.6 is 0 Å². The first kappa shape index (κ1) is 14.4. The Hall–Kier alpha value is -1.55. The third kappa shape index (κ3) is 3.97. The highest BCUT2D eigenvalue weighted by molar-refractivity contribution is 5.92. The average Bonchev–Trinajstić information content (AvgIpc) is 2.96. The molecular weight excluding hydrogens is 262 g/mol. The molecule has 114 valence electrons. The molecule has 2 aliphatic rings. The van der Waals surface area contributed by atoms with Crippen molar-refractivity contribution in [1.82, 2.24) is 0 Å². The molecule has 1 aromatic carbocycles. The van der Waals surface area contributed by atoms with Gasteiger partial charge in [0.1, 0.15) is 0 Å². The van der Waals surface area contributed by atoms with Gasteiger partial charge in [-0.2, -0.15) is 0 Å². The van der Waals surface area contributed by atoms with E-state index in [0.29, 0.717) is 12.1 Å². The molecule has 1 fully saturated rings. The number of aryl methyl sites for hydroxylation is 2. The first-order chi connectivity index (χ1) is 10.3. The Bertz CT molecular complexity index is 507. The summed E-state index contributed by atoms with van der Waals surface area (Å²) in [6.45, 7) is 1.63. The summed E-state index contributed by atoms with van der Waals surface area (Å²) in [5, 5.41) is 3.20. The van der Waals surface area contributed by atoms with Crippen LogP contribution in [0.1, 0.15) is 43.2 Å². The Morgan fingerprint density at radius 2 is 2.14 bits per heavy atom. The summed E-state index contributed by atoms with van der Waals surface area (Å²) in [6, 6.07) is 6.50. The third-order valence-corrected chi connectivity index (χ3v) is 4.38. The first-order valence-electron chi connectivity index (χ1n) is 8.11. The van der Waals surface area contributed by atoms with Crippen molar-refractivity contribution in [1.29, 1.82) is 0 Å². The van der Waals surface area contributed by atoms with Crippen molar-refractivity contribution in [2.24, 2.45) is 10.7 Å². The summed E-state index contributed by atoms with van der Waals surface area (Å²) in [5.74, 6) is 0.503. The van der Waals surface area contributed by atoms with E-state index >= 15 is 0 Å². The van der Waals surface area contributed by atoms with Crippen LogP contribution < -0.4 is 11.1 Å². The van der Waals surface area contributed by atoms with E-state index in [1.54, 1.807) is 0 Å². The van der Waals surface area contributed by atoms with Crippen LogP contribution in [0, 0.1) is 0 Å². The van der Waals surface area contributed by atoms with Gasteiger partial charge in [-0.1, -0.05) is 6.07 Å². The molecule has 0 bridgehead atoms. The number of hydrogen-bond acceptors (Lipinski definition) is 2. The molecule has 1 aliphatic carbocycles. The maximum absolute atomic E-state index is 5.96. The van der Waals surface area contributed by atoms with Crippen LogP contribution in [-0.4, -0.2) is 25.2 Å². The largest absolute Gasteiger partial charge is 0.378 e. The number of ether oxygens (including phenoxy) is 1. The van der Waals surface area contributed by atoms with E-state index in [1.807, 2.05) is 0 Å². The van der Waals surface area contributed by atoms with Crippen molar-refractivity contribution in [3.05, 3.63) is 29.3 Å². The highest BCUT2D eigenvalue weighted by atomic mass is 16.5. The zero-order valence-electron chi connectivity index (χ0n) is 12.6. The monoisotopic (exact) mass is 287 g/mol. The number of fused-ring (bicyclic) bond motifs is 1. The summed E-state index contributed by atoms with van der Waals surface area (Å²) < 4.78 is 5.70. The lowest BCUT2D eigenvalue weighted by Gasteiger charge is -2.21. The molecule has 0 spiro atoms. The number of benzene rings is 1. The molecule has 1 heterocycles. The van der Waals surface area contributed by atoms with Crippen LogP contribution in [0.25, 0.3) is 0 Å². The highest BCUT2D eigenvalue weighted by Gasteiger charge is 2.13. The van der Waals surface area contributed by atoms with Gasteiger partial charge in [0.25, 0.3) is 0 Å². The fraction of sp³-hybridized carbons (Fsp3) is 0.588. The number of nitrogens with two attached hydrogens (primary N) is 1. The van der Waals surface area contributed by atoms with Crippen molar-refractivity contribution >= 4 is 11.6 Å². The van der Waals surface area contributed by atoms with E-state index in [9.17, 15) is 0 Å². The van der Waals surface area contributed by atoms with Gasteiger partial charge in [-0.25, -0.2) is 0 Å². The van der Waals surface area contributed by atoms with Crippen LogP contribution in [0.15, 0.2) is 23.2 Å². The average molecular weight is 287 g/mol. The van der Waals surface area contributed by atoms with Gasteiger partial charge in [0.05, 0.1) is 6.10 Å². The lowest BCUT2D eigenvalue weighted by atomic mass is 10.1. The molecule has 0 amide bonds. The number of anilines is 1. The van der Waals surface area contributed by atoms with Crippen molar-refractivity contribution in [3.8, 4) is 0 Å². The first-order valence-corrected chi connectivity index (χ1v) is 8.11. The minimum Gasteiger partial charge on any atom is -0.378 e. The molecule has 3 rings (SSSR count). The standard InChI is InChI=1S/C17H25N3O/c18-17(19-10-9-16-6-1-2-11-21-16)20-15-8-7-13-4-3-5-14(13)12-15/h7-8,12,16H,1-6,9-11H2,(H3,18,19,20). The maximum atomic E-state index is 5.96. The number of nitrogens with zero attached hydrogens (tertiary/aromatic N) is 1. The summed E-state index contributed by atoms with van der Waals surface area (Å²) >= 11 is 0. The maximum Gasteiger partial charge on any atom is 0.193 e. The molecule has 1 atom stereocenters. The number of guanidine groups is 1. The van der Waals surface area contributed by atoms with Crippen LogP contribution in [0.5, 0.6) is 0 Å². The Balaban J connectivity index is 1.48. The summed E-state index contributed by atoms with van der Waals surface area (Å²) in [4.78, 5) is 4.41. The molecule has 4 nitrogen and oxygen atoms in total. The predicted octanol–water partition coefficient (Wildman–Crippen LogP) is 2.86. The summed E-state index contributed by atoms with van der Waals surface area (Å²) in [7, 11) is 0. The van der Waals surface area contributed by atoms with Crippen molar-refractivity contribution in [2.75, 3.05) is 18.5 Å². The van der Waals surface area contributed by atoms with E-state index in [1.165, 1.54) is 43.2 Å². The Kier molecular flexibility index (Phi) is 4.76. The second-order valence-corrected chi connectivity index (χ2v) is 6.01. The van der Waals surface area contributed by atoms with Gasteiger partial charge >= 0.3 is 0 Å². The molecule has 4 heteroatoms. The normalized spacial score (nSPS) is 22.1. The lowest BCUT2D eigenvalue weighted by molar-refractivity contribution is 0.0129. The van der Waals surface area contributed by atoms with E-state index in [2.05, 4.69) is 28.5 Å². The van der Waals surface area contributed by atoms with Gasteiger partial charge in [0.2, 0.25) is 0 Å². The summed E-state index contributed by atoms with van der Waals surface area (Å²) in [5.41, 5.74) is 9.94. The van der Waals surface area contributed by atoms with Crippen LogP contribution in [0.4, 0.5) is 5.69 Å². The fourth-order valence-electron chi connectivity index (χ4n) is 3.20. The van der Waals surface area contributed by atoms with Crippen molar-refractivity contribution < 1.29 is 4.74 Å². The second kappa shape index (κ2) is 6.94. The summed E-state index contributed by atoms with van der Waals surface area (Å²) in [6.07, 6.45) is 8.63. The molecule has 3 N–H and O–H groups in total. The van der Waals surface area contributed by atoms with Gasteiger partial charge in [-0.3, -0.25) is 4.99 Å². The molecule has 0 saturated carbocycles. The topological polar surface area (TPSA) is 59.6 Å². The van der Waals surface area contributed by atoms with E-state index in [4.69, 9.17) is 10.5 Å². The smallest absolute Gasteiger partial charge is 0.193 e. The number of nitrogens with one attached hydrogen (secondary N) is 1. The zero-order valence-corrected chi connectivity index (χ0v) is 12.6. The number of rotatable bonds is 4. The Morgan fingerprint density at radius 3 is 3.00 bits per heavy atom. The Labute approximate surface area is 126 Å². The van der Waals surface area contributed by atoms with Crippen LogP contribution in [0.2, 0.25) is 0 Å². The third-order valence-electron chi connectivity index (χ3n) is 4.38. The van der Waals surface area contributed by atoms with Gasteiger partial charge < -0.3 is 15.8 Å². The number of aliphatic imine (C=N–C) groups is 1. The SMILES string of the molecule is NC(=NCCC1CCCCO1)Nc1ccc2c(c1)CCC2. The van der Waals surface area contributed by atoms with Gasteiger partial charge in [-0.15, -0.1) is 0 Å². The van der Waals surface area contributed by atoms with Crippen molar-refractivity contribution in [3.63, 3.8) is 0 Å². The van der Waals surface area contributed by atoms with Crippen LogP contribution in [-0.2, 0) is 17.6 Å². The minimum atomic E-state index is 0.371. The molecule has 21 heavy (non-hydrogen) atoms. The quantitative estimate of drug-likeness (QED) is 0.661. The van der Waals surface area contributed by atoms with Crippen LogP contribution in [0.3, 0.4) is 0 Å². The predicted molar refractivity (Wildman–Crippen MR) is 86.8 cm³/mol. The van der Waals surface area contributed by atoms with Crippen molar-refractivity contribution in [2.45, 2.75) is 51.0 Å². The molecular formula is C17H25N3O. The molecule has 1 saturated heterocycles. The van der Waals surface area contributed by atoms with E-state index in [0.717, 1.165) is 31.7 Å². The lowest BCUT2D eigenvalue weighted by Crippen LogP contribution is -2.24.